The smallest absolute Gasteiger partial charge is 0.129 e. The number of benzene rings is 1. The Hall–Kier alpha value is -1.68. The molecule has 0 spiro atoms. The van der Waals surface area contributed by atoms with E-state index in [1.54, 1.807) is 12.3 Å². The molecule has 0 bridgehead atoms. The van der Waals surface area contributed by atoms with Gasteiger partial charge in [0, 0.05) is 23.6 Å². The number of nitrogens with two attached hydrogens (primary N) is 1. The van der Waals surface area contributed by atoms with Crippen molar-refractivity contribution in [1.29, 1.82) is 0 Å². The molecule has 0 radical (unpaired) electrons. The third-order valence-corrected chi connectivity index (χ3v) is 2.99. The Morgan fingerprint density at radius 3 is 2.50 bits per heavy atom. The highest BCUT2D eigenvalue weighted by Crippen LogP contribution is 2.24. The predicted molar refractivity (Wildman–Crippen MR) is 65.1 cm³/mol. The summed E-state index contributed by atoms with van der Waals surface area (Å²) in [6.07, 6.45) is 2.37. The molecule has 0 aliphatic heterocycles. The van der Waals surface area contributed by atoms with Gasteiger partial charge in [0.15, 0.2) is 0 Å². The van der Waals surface area contributed by atoms with Crippen molar-refractivity contribution in [3.63, 3.8) is 0 Å². The zero-order valence-corrected chi connectivity index (χ0v) is 10.1. The first-order valence-electron chi connectivity index (χ1n) is 5.88. The van der Waals surface area contributed by atoms with E-state index in [0.29, 0.717) is 6.42 Å². The standard InChI is InChI=1S/C14H15F2NO/c1-2-14-9(6-7-18-14)13(17)8-10-11(15)4-3-5-12(10)16/h3-7,13H,2,8,17H2,1H3. The summed E-state index contributed by atoms with van der Waals surface area (Å²) in [6, 6.07) is 5.10. The van der Waals surface area contributed by atoms with E-state index in [2.05, 4.69) is 0 Å². The first-order chi connectivity index (χ1) is 8.63. The number of hydrogen-bond acceptors (Lipinski definition) is 2. The van der Waals surface area contributed by atoms with Crippen LogP contribution in [0, 0.1) is 11.6 Å². The highest BCUT2D eigenvalue weighted by molar-refractivity contribution is 5.26. The van der Waals surface area contributed by atoms with Crippen LogP contribution in [0.1, 0.15) is 29.9 Å². The minimum Gasteiger partial charge on any atom is -0.469 e. The zero-order valence-electron chi connectivity index (χ0n) is 10.1. The third kappa shape index (κ3) is 2.43. The molecule has 4 heteroatoms. The summed E-state index contributed by atoms with van der Waals surface area (Å²) in [7, 11) is 0. The van der Waals surface area contributed by atoms with Gasteiger partial charge in [0.25, 0.3) is 0 Å². The molecule has 0 saturated heterocycles. The summed E-state index contributed by atoms with van der Waals surface area (Å²) in [5.41, 5.74) is 6.82. The van der Waals surface area contributed by atoms with E-state index in [1.165, 1.54) is 18.2 Å². The molecule has 2 rings (SSSR count). The van der Waals surface area contributed by atoms with Gasteiger partial charge in [0.05, 0.1) is 6.26 Å². The fourth-order valence-corrected chi connectivity index (χ4v) is 2.03. The van der Waals surface area contributed by atoms with Crippen LogP contribution in [0.4, 0.5) is 8.78 Å². The molecule has 1 heterocycles. The Labute approximate surface area is 104 Å². The van der Waals surface area contributed by atoms with Gasteiger partial charge in [-0.2, -0.15) is 0 Å². The van der Waals surface area contributed by atoms with Crippen LogP contribution in [0.25, 0.3) is 0 Å². The maximum Gasteiger partial charge on any atom is 0.129 e. The second kappa shape index (κ2) is 5.31. The molecule has 2 nitrogen and oxygen atoms in total. The van der Waals surface area contributed by atoms with Gasteiger partial charge >= 0.3 is 0 Å². The maximum atomic E-state index is 13.5. The van der Waals surface area contributed by atoms with E-state index < -0.39 is 17.7 Å². The van der Waals surface area contributed by atoms with Gasteiger partial charge < -0.3 is 10.2 Å². The van der Waals surface area contributed by atoms with Crippen LogP contribution in [0.5, 0.6) is 0 Å². The van der Waals surface area contributed by atoms with Crippen LogP contribution in [-0.4, -0.2) is 0 Å². The van der Waals surface area contributed by atoms with E-state index in [4.69, 9.17) is 10.2 Å². The van der Waals surface area contributed by atoms with Crippen molar-refractivity contribution in [2.75, 3.05) is 0 Å². The average Bonchev–Trinajstić information content (AvgIpc) is 2.82. The maximum absolute atomic E-state index is 13.5. The van der Waals surface area contributed by atoms with Crippen molar-refractivity contribution in [3.05, 3.63) is 59.1 Å². The lowest BCUT2D eigenvalue weighted by molar-refractivity contribution is 0.500. The molecule has 1 aromatic heterocycles. The van der Waals surface area contributed by atoms with Gasteiger partial charge in [-0.1, -0.05) is 13.0 Å². The lowest BCUT2D eigenvalue weighted by Gasteiger charge is -2.12. The zero-order chi connectivity index (χ0) is 13.1. The molecule has 0 aliphatic carbocycles. The first kappa shape index (κ1) is 12.8. The summed E-state index contributed by atoms with van der Waals surface area (Å²) in [5, 5.41) is 0. The van der Waals surface area contributed by atoms with Crippen LogP contribution in [0.3, 0.4) is 0 Å². The molecule has 18 heavy (non-hydrogen) atoms. The molecular weight excluding hydrogens is 236 g/mol. The van der Waals surface area contributed by atoms with Crippen LogP contribution < -0.4 is 5.73 Å². The van der Waals surface area contributed by atoms with Crippen LogP contribution in [0.2, 0.25) is 0 Å². The highest BCUT2D eigenvalue weighted by atomic mass is 19.1. The molecule has 0 saturated carbocycles. The monoisotopic (exact) mass is 251 g/mol. The molecule has 1 unspecified atom stereocenters. The van der Waals surface area contributed by atoms with E-state index in [9.17, 15) is 8.78 Å². The quantitative estimate of drug-likeness (QED) is 0.904. The number of aryl methyl sites for hydroxylation is 1. The highest BCUT2D eigenvalue weighted by Gasteiger charge is 2.17. The Morgan fingerprint density at radius 1 is 1.22 bits per heavy atom. The van der Waals surface area contributed by atoms with E-state index in [0.717, 1.165) is 11.3 Å². The summed E-state index contributed by atoms with van der Waals surface area (Å²) in [4.78, 5) is 0. The molecular formula is C14H15F2NO. The summed E-state index contributed by atoms with van der Waals surface area (Å²) >= 11 is 0. The van der Waals surface area contributed by atoms with Crippen LogP contribution >= 0.6 is 0 Å². The molecule has 0 fully saturated rings. The summed E-state index contributed by atoms with van der Waals surface area (Å²) in [6.45, 7) is 1.94. The lowest BCUT2D eigenvalue weighted by Crippen LogP contribution is -2.16. The molecule has 2 N–H and O–H groups in total. The van der Waals surface area contributed by atoms with E-state index >= 15 is 0 Å². The number of hydrogen-bond donors (Lipinski definition) is 1. The number of rotatable bonds is 4. The van der Waals surface area contributed by atoms with Crippen molar-refractivity contribution in [2.24, 2.45) is 5.73 Å². The molecule has 0 amide bonds. The largest absolute Gasteiger partial charge is 0.469 e. The molecule has 2 aromatic rings. The summed E-state index contributed by atoms with van der Waals surface area (Å²) in [5.74, 6) is -0.363. The van der Waals surface area contributed by atoms with Gasteiger partial charge in [0.2, 0.25) is 0 Å². The Bertz CT molecular complexity index is 516. The SMILES string of the molecule is CCc1occc1C(N)Cc1c(F)cccc1F. The normalized spacial score (nSPS) is 12.7. The van der Waals surface area contributed by atoms with Gasteiger partial charge in [-0.25, -0.2) is 8.78 Å². The van der Waals surface area contributed by atoms with Gasteiger partial charge in [-0.3, -0.25) is 0 Å². The summed E-state index contributed by atoms with van der Waals surface area (Å²) < 4.78 is 32.3. The van der Waals surface area contributed by atoms with Crippen molar-refractivity contribution in [3.8, 4) is 0 Å². The van der Waals surface area contributed by atoms with E-state index in [1.807, 2.05) is 6.92 Å². The Balaban J connectivity index is 2.24. The third-order valence-electron chi connectivity index (χ3n) is 2.99. The topological polar surface area (TPSA) is 39.2 Å². The van der Waals surface area contributed by atoms with Crippen LogP contribution in [0.15, 0.2) is 34.9 Å². The fraction of sp³-hybridized carbons (Fsp3) is 0.286. The molecule has 1 atom stereocenters. The lowest BCUT2D eigenvalue weighted by atomic mass is 9.98. The van der Waals surface area contributed by atoms with Crippen molar-refractivity contribution >= 4 is 0 Å². The predicted octanol–water partition coefficient (Wildman–Crippen LogP) is 3.36. The van der Waals surface area contributed by atoms with Gasteiger partial charge in [-0.05, 0) is 24.6 Å². The van der Waals surface area contributed by atoms with Crippen LogP contribution in [-0.2, 0) is 12.8 Å². The fourth-order valence-electron chi connectivity index (χ4n) is 2.03. The van der Waals surface area contributed by atoms with Gasteiger partial charge in [0.1, 0.15) is 17.4 Å². The number of halogens is 2. The number of furan rings is 1. The molecule has 96 valence electrons. The minimum atomic E-state index is -0.563. The second-order valence-electron chi connectivity index (χ2n) is 4.16. The first-order valence-corrected chi connectivity index (χ1v) is 5.88. The Morgan fingerprint density at radius 2 is 1.89 bits per heavy atom. The van der Waals surface area contributed by atoms with Gasteiger partial charge in [-0.15, -0.1) is 0 Å². The average molecular weight is 251 g/mol. The van der Waals surface area contributed by atoms with Crippen molar-refractivity contribution in [2.45, 2.75) is 25.8 Å². The van der Waals surface area contributed by atoms with Crippen molar-refractivity contribution < 1.29 is 13.2 Å². The Kier molecular flexibility index (Phi) is 3.77. The van der Waals surface area contributed by atoms with Crippen molar-refractivity contribution in [1.82, 2.24) is 0 Å². The van der Waals surface area contributed by atoms with E-state index in [-0.39, 0.29) is 12.0 Å². The second-order valence-corrected chi connectivity index (χ2v) is 4.16. The molecule has 0 aliphatic rings. The molecule has 1 aromatic carbocycles. The minimum absolute atomic E-state index is 0.0215.